The highest BCUT2D eigenvalue weighted by molar-refractivity contribution is 7.99. The van der Waals surface area contributed by atoms with Crippen LogP contribution in [-0.4, -0.2) is 37.6 Å². The highest BCUT2D eigenvalue weighted by Crippen LogP contribution is 2.29. The Morgan fingerprint density at radius 3 is 2.45 bits per heavy atom. The van der Waals surface area contributed by atoms with E-state index in [2.05, 4.69) is 0 Å². The van der Waals surface area contributed by atoms with Crippen LogP contribution in [0.3, 0.4) is 0 Å². The molecule has 0 spiro atoms. The molecule has 1 heterocycles. The summed E-state index contributed by atoms with van der Waals surface area (Å²) in [6, 6.07) is -0.00347. The van der Waals surface area contributed by atoms with Gasteiger partial charge in [0, 0.05) is 26.4 Å². The summed E-state index contributed by atoms with van der Waals surface area (Å²) in [4.78, 5) is 0. The lowest BCUT2D eigenvalue weighted by Crippen LogP contribution is -2.55. The minimum atomic E-state index is -0.523. The number of rotatable bonds is 2. The Labute approximate surface area is 71.6 Å². The van der Waals surface area contributed by atoms with Crippen molar-refractivity contribution in [2.75, 3.05) is 25.7 Å². The zero-order chi connectivity index (χ0) is 8.32. The van der Waals surface area contributed by atoms with E-state index in [0.717, 1.165) is 17.9 Å². The molecule has 1 saturated heterocycles. The van der Waals surface area contributed by atoms with E-state index in [0.29, 0.717) is 0 Å². The van der Waals surface area contributed by atoms with Crippen LogP contribution in [0.2, 0.25) is 0 Å². The quantitative estimate of drug-likeness (QED) is 0.622. The molecule has 0 saturated carbocycles. The fourth-order valence-electron chi connectivity index (χ4n) is 1.33. The maximum absolute atomic E-state index is 5.86. The van der Waals surface area contributed by atoms with E-state index in [1.807, 2.05) is 11.8 Å². The normalized spacial score (nSPS) is 30.3. The van der Waals surface area contributed by atoms with E-state index in [1.165, 1.54) is 0 Å². The van der Waals surface area contributed by atoms with Crippen LogP contribution in [0.4, 0.5) is 0 Å². The number of hydrogen-bond acceptors (Lipinski definition) is 4. The van der Waals surface area contributed by atoms with Crippen molar-refractivity contribution < 1.29 is 9.47 Å². The van der Waals surface area contributed by atoms with Gasteiger partial charge in [-0.25, -0.2) is 0 Å². The average Bonchev–Trinajstić information content (AvgIpc) is 2.06. The predicted octanol–water partition coefficient (Wildman–Crippen LogP) is 0.440. The predicted molar refractivity (Wildman–Crippen MR) is 46.7 cm³/mol. The molecule has 1 aliphatic rings. The number of methoxy groups -OCH3 is 2. The van der Waals surface area contributed by atoms with E-state index < -0.39 is 5.79 Å². The standard InChI is InChI=1S/C7H15NO2S/c1-9-7(10-2)3-4-11-5-6(7)8/h6H,3-5,8H2,1-2H3. The third-order valence-electron chi connectivity index (χ3n) is 2.15. The van der Waals surface area contributed by atoms with E-state index in [9.17, 15) is 0 Å². The molecule has 66 valence electrons. The Morgan fingerprint density at radius 1 is 1.45 bits per heavy atom. The second-order valence-electron chi connectivity index (χ2n) is 2.65. The first-order valence-corrected chi connectivity index (χ1v) is 4.84. The number of ether oxygens (including phenoxy) is 2. The summed E-state index contributed by atoms with van der Waals surface area (Å²) in [7, 11) is 3.30. The second-order valence-corrected chi connectivity index (χ2v) is 3.80. The Morgan fingerprint density at radius 2 is 2.09 bits per heavy atom. The third kappa shape index (κ3) is 1.69. The van der Waals surface area contributed by atoms with Crippen LogP contribution >= 0.6 is 11.8 Å². The first kappa shape index (κ1) is 9.32. The smallest absolute Gasteiger partial charge is 0.184 e. The molecule has 1 fully saturated rings. The highest BCUT2D eigenvalue weighted by atomic mass is 32.2. The summed E-state index contributed by atoms with van der Waals surface area (Å²) in [5, 5.41) is 0. The van der Waals surface area contributed by atoms with Crippen LogP contribution in [0.1, 0.15) is 6.42 Å². The lowest BCUT2D eigenvalue weighted by atomic mass is 10.1. The largest absolute Gasteiger partial charge is 0.352 e. The number of hydrogen-bond donors (Lipinski definition) is 1. The molecule has 0 aromatic carbocycles. The Hall–Kier alpha value is 0.230. The summed E-state index contributed by atoms with van der Waals surface area (Å²) in [6.45, 7) is 0. The highest BCUT2D eigenvalue weighted by Gasteiger charge is 2.39. The van der Waals surface area contributed by atoms with Gasteiger partial charge in [-0.15, -0.1) is 0 Å². The van der Waals surface area contributed by atoms with Crippen molar-refractivity contribution in [3.05, 3.63) is 0 Å². The molecule has 4 heteroatoms. The maximum Gasteiger partial charge on any atom is 0.184 e. The van der Waals surface area contributed by atoms with Gasteiger partial charge in [-0.2, -0.15) is 11.8 Å². The van der Waals surface area contributed by atoms with Gasteiger partial charge in [-0.05, 0) is 5.75 Å². The third-order valence-corrected chi connectivity index (χ3v) is 3.24. The maximum atomic E-state index is 5.86. The molecule has 0 aliphatic carbocycles. The molecule has 11 heavy (non-hydrogen) atoms. The van der Waals surface area contributed by atoms with Gasteiger partial charge in [-0.1, -0.05) is 0 Å². The van der Waals surface area contributed by atoms with Crippen LogP contribution in [0.5, 0.6) is 0 Å². The van der Waals surface area contributed by atoms with Crippen LogP contribution in [0.25, 0.3) is 0 Å². The summed E-state index contributed by atoms with van der Waals surface area (Å²) in [5.41, 5.74) is 5.86. The van der Waals surface area contributed by atoms with Crippen LogP contribution < -0.4 is 5.73 Å². The monoisotopic (exact) mass is 177 g/mol. The molecule has 0 radical (unpaired) electrons. The first-order chi connectivity index (χ1) is 5.25. The van der Waals surface area contributed by atoms with Crippen molar-refractivity contribution in [3.8, 4) is 0 Å². The van der Waals surface area contributed by atoms with Gasteiger partial charge >= 0.3 is 0 Å². The van der Waals surface area contributed by atoms with Gasteiger partial charge in [0.25, 0.3) is 0 Å². The minimum absolute atomic E-state index is 0.00347. The molecule has 0 amide bonds. The molecule has 1 unspecified atom stereocenters. The lowest BCUT2D eigenvalue weighted by molar-refractivity contribution is -0.218. The molecule has 1 atom stereocenters. The van der Waals surface area contributed by atoms with Gasteiger partial charge < -0.3 is 15.2 Å². The Balaban J connectivity index is 2.61. The van der Waals surface area contributed by atoms with E-state index >= 15 is 0 Å². The van der Waals surface area contributed by atoms with Gasteiger partial charge in [0.2, 0.25) is 0 Å². The summed E-state index contributed by atoms with van der Waals surface area (Å²) < 4.78 is 10.6. The second kappa shape index (κ2) is 3.76. The van der Waals surface area contributed by atoms with Crippen molar-refractivity contribution >= 4 is 11.8 Å². The zero-order valence-corrected chi connectivity index (χ0v) is 7.82. The van der Waals surface area contributed by atoms with Crippen molar-refractivity contribution in [2.45, 2.75) is 18.2 Å². The number of thioether (sulfide) groups is 1. The van der Waals surface area contributed by atoms with Crippen LogP contribution in [0.15, 0.2) is 0 Å². The van der Waals surface area contributed by atoms with Crippen molar-refractivity contribution in [3.63, 3.8) is 0 Å². The molecular weight excluding hydrogens is 162 g/mol. The minimum Gasteiger partial charge on any atom is -0.352 e. The number of nitrogens with two attached hydrogens (primary N) is 1. The summed E-state index contributed by atoms with van der Waals surface area (Å²) in [5.74, 6) is 1.46. The summed E-state index contributed by atoms with van der Waals surface area (Å²) in [6.07, 6.45) is 0.881. The zero-order valence-electron chi connectivity index (χ0n) is 7.00. The van der Waals surface area contributed by atoms with Crippen molar-refractivity contribution in [1.82, 2.24) is 0 Å². The molecule has 0 aromatic heterocycles. The molecule has 2 N–H and O–H groups in total. The molecule has 1 rings (SSSR count). The van der Waals surface area contributed by atoms with Crippen molar-refractivity contribution in [1.29, 1.82) is 0 Å². The van der Waals surface area contributed by atoms with E-state index in [-0.39, 0.29) is 6.04 Å². The SMILES string of the molecule is COC1(OC)CCSCC1N. The van der Waals surface area contributed by atoms with E-state index in [4.69, 9.17) is 15.2 Å². The van der Waals surface area contributed by atoms with Crippen LogP contribution in [-0.2, 0) is 9.47 Å². The Bertz CT molecular complexity index is 128. The molecule has 0 bridgehead atoms. The van der Waals surface area contributed by atoms with Gasteiger partial charge in [-0.3, -0.25) is 0 Å². The summed E-state index contributed by atoms with van der Waals surface area (Å²) >= 11 is 1.85. The first-order valence-electron chi connectivity index (χ1n) is 3.69. The van der Waals surface area contributed by atoms with Gasteiger partial charge in [0.1, 0.15) is 0 Å². The molecule has 1 aliphatic heterocycles. The fourth-order valence-corrected chi connectivity index (χ4v) is 2.43. The fraction of sp³-hybridized carbons (Fsp3) is 1.00. The van der Waals surface area contributed by atoms with Gasteiger partial charge in [0.05, 0.1) is 6.04 Å². The van der Waals surface area contributed by atoms with Crippen molar-refractivity contribution in [2.24, 2.45) is 5.73 Å². The molecule has 3 nitrogen and oxygen atoms in total. The Kier molecular flexibility index (Phi) is 3.18. The molecular formula is C7H15NO2S. The average molecular weight is 177 g/mol. The van der Waals surface area contributed by atoms with E-state index in [1.54, 1.807) is 14.2 Å². The lowest BCUT2D eigenvalue weighted by Gasteiger charge is -2.39. The van der Waals surface area contributed by atoms with Crippen LogP contribution in [0, 0.1) is 0 Å². The topological polar surface area (TPSA) is 44.5 Å². The van der Waals surface area contributed by atoms with Gasteiger partial charge in [0.15, 0.2) is 5.79 Å². The molecule has 0 aromatic rings.